The van der Waals surface area contributed by atoms with E-state index in [1.807, 2.05) is 0 Å². The molecule has 0 aromatic rings. The van der Waals surface area contributed by atoms with E-state index in [1.54, 1.807) is 13.1 Å². The average molecular weight is 155 g/mol. The predicted octanol–water partition coefficient (Wildman–Crippen LogP) is 0.839. The molecule has 0 heterocycles. The maximum absolute atomic E-state index is 10.7. The molecule has 0 aliphatic rings. The fourth-order valence-electron chi connectivity index (χ4n) is 0.428. The predicted molar refractivity (Wildman–Crippen MR) is 44.0 cm³/mol. The van der Waals surface area contributed by atoms with Crippen LogP contribution in [0.25, 0.3) is 0 Å². The number of hydrogen-bond donors (Lipinski definition) is 1. The Morgan fingerprint density at radius 2 is 2.36 bits per heavy atom. The second-order valence-corrected chi connectivity index (χ2v) is 2.07. The zero-order valence-electron chi connectivity index (χ0n) is 6.72. The monoisotopic (exact) mass is 155 g/mol. The quantitative estimate of drug-likeness (QED) is 0.363. The van der Waals surface area contributed by atoms with E-state index in [-0.39, 0.29) is 5.97 Å². The van der Waals surface area contributed by atoms with Crippen molar-refractivity contribution in [3.63, 3.8) is 0 Å². The molecule has 0 aliphatic carbocycles. The molecule has 0 aromatic carbocycles. The minimum Gasteiger partial charge on any atom is -0.460 e. The van der Waals surface area contributed by atoms with Crippen LogP contribution in [-0.2, 0) is 9.53 Å². The van der Waals surface area contributed by atoms with Gasteiger partial charge in [-0.3, -0.25) is 0 Å². The maximum atomic E-state index is 10.7. The number of carbonyl (C=O) groups is 1. The van der Waals surface area contributed by atoms with Crippen molar-refractivity contribution >= 4 is 5.97 Å². The van der Waals surface area contributed by atoms with E-state index in [4.69, 9.17) is 4.74 Å². The highest BCUT2D eigenvalue weighted by Gasteiger charge is 2.00. The van der Waals surface area contributed by atoms with E-state index in [1.165, 1.54) is 0 Å². The highest BCUT2D eigenvalue weighted by atomic mass is 16.5. The van der Waals surface area contributed by atoms with Crippen LogP contribution in [0.2, 0.25) is 0 Å². The zero-order chi connectivity index (χ0) is 8.69. The number of carbonyl (C=O) groups excluding carboxylic acids is 1. The van der Waals surface area contributed by atoms with Crippen molar-refractivity contribution in [1.29, 1.82) is 0 Å². The molecular formula is C8H13NO2. The van der Waals surface area contributed by atoms with E-state index >= 15 is 0 Å². The topological polar surface area (TPSA) is 38.3 Å². The van der Waals surface area contributed by atoms with E-state index < -0.39 is 0 Å². The van der Waals surface area contributed by atoms with Crippen LogP contribution < -0.4 is 5.32 Å². The van der Waals surface area contributed by atoms with Crippen molar-refractivity contribution in [2.45, 2.75) is 6.92 Å². The van der Waals surface area contributed by atoms with Crippen LogP contribution in [0.3, 0.4) is 0 Å². The van der Waals surface area contributed by atoms with Crippen LogP contribution in [0, 0.1) is 0 Å². The summed E-state index contributed by atoms with van der Waals surface area (Å²) in [5.41, 5.74) is 0.420. The smallest absolute Gasteiger partial charge is 0.333 e. The Bertz CT molecular complexity index is 163. The van der Waals surface area contributed by atoms with Crippen molar-refractivity contribution < 1.29 is 9.53 Å². The Morgan fingerprint density at radius 3 is 2.82 bits per heavy atom. The minimum absolute atomic E-state index is 0.345. The number of rotatable bonds is 5. The third-order valence-corrected chi connectivity index (χ3v) is 0.972. The molecule has 0 aliphatic heterocycles. The minimum atomic E-state index is -0.351. The van der Waals surface area contributed by atoms with Gasteiger partial charge in [0.05, 0.1) is 0 Å². The first-order chi connectivity index (χ1) is 5.18. The van der Waals surface area contributed by atoms with E-state index in [0.717, 1.165) is 0 Å². The first-order valence-electron chi connectivity index (χ1n) is 3.35. The van der Waals surface area contributed by atoms with Gasteiger partial charge < -0.3 is 10.1 Å². The van der Waals surface area contributed by atoms with Crippen LogP contribution >= 0.6 is 0 Å². The fraction of sp³-hybridized carbons (Fsp3) is 0.375. The van der Waals surface area contributed by atoms with Gasteiger partial charge in [0.25, 0.3) is 0 Å². The highest BCUT2D eigenvalue weighted by molar-refractivity contribution is 5.86. The molecule has 11 heavy (non-hydrogen) atoms. The molecule has 3 nitrogen and oxygen atoms in total. The van der Waals surface area contributed by atoms with Gasteiger partial charge in [-0.25, -0.2) is 4.79 Å². The molecule has 0 unspecified atom stereocenters. The molecule has 3 heteroatoms. The first-order valence-corrected chi connectivity index (χ1v) is 3.35. The molecule has 62 valence electrons. The lowest BCUT2D eigenvalue weighted by molar-refractivity contribution is -0.138. The Kier molecular flexibility index (Phi) is 4.90. The van der Waals surface area contributed by atoms with Gasteiger partial charge in [-0.1, -0.05) is 13.2 Å². The molecule has 0 saturated carbocycles. The molecule has 0 radical (unpaired) electrons. The zero-order valence-corrected chi connectivity index (χ0v) is 6.72. The third kappa shape index (κ3) is 5.21. The molecule has 0 fully saturated rings. The lowest BCUT2D eigenvalue weighted by Crippen LogP contribution is -2.16. The number of hydrogen-bond acceptors (Lipinski definition) is 3. The van der Waals surface area contributed by atoms with Crippen molar-refractivity contribution in [3.8, 4) is 0 Å². The van der Waals surface area contributed by atoms with Crippen LogP contribution in [0.4, 0.5) is 0 Å². The molecule has 0 saturated heterocycles. The van der Waals surface area contributed by atoms with Gasteiger partial charge >= 0.3 is 5.97 Å². The lowest BCUT2D eigenvalue weighted by atomic mass is 10.4. The van der Waals surface area contributed by atoms with Crippen molar-refractivity contribution in [3.05, 3.63) is 24.9 Å². The van der Waals surface area contributed by atoms with Crippen molar-refractivity contribution in [2.24, 2.45) is 0 Å². The van der Waals surface area contributed by atoms with Crippen molar-refractivity contribution in [2.75, 3.05) is 13.2 Å². The molecule has 0 aromatic heterocycles. The standard InChI is InChI=1S/C8H13NO2/c1-4-9-5-6-11-8(10)7(2)3/h4,9H,1-2,5-6H2,3H3. The Balaban J connectivity index is 3.31. The number of esters is 1. The average Bonchev–Trinajstić information content (AvgIpc) is 1.97. The van der Waals surface area contributed by atoms with Gasteiger partial charge in [-0.2, -0.15) is 0 Å². The van der Waals surface area contributed by atoms with Gasteiger partial charge in [0.2, 0.25) is 0 Å². The van der Waals surface area contributed by atoms with Crippen LogP contribution in [-0.4, -0.2) is 19.1 Å². The van der Waals surface area contributed by atoms with E-state index in [2.05, 4.69) is 18.5 Å². The molecule has 1 N–H and O–H groups in total. The van der Waals surface area contributed by atoms with Crippen molar-refractivity contribution in [1.82, 2.24) is 5.32 Å². The SMILES string of the molecule is C=CNCCOC(=O)C(=C)C. The van der Waals surface area contributed by atoms with Crippen LogP contribution in [0.5, 0.6) is 0 Å². The summed E-state index contributed by atoms with van der Waals surface area (Å²) in [6.45, 7) is 9.43. The Labute approximate surface area is 66.7 Å². The fourth-order valence-corrected chi connectivity index (χ4v) is 0.428. The van der Waals surface area contributed by atoms with Crippen LogP contribution in [0.15, 0.2) is 24.9 Å². The number of ether oxygens (including phenoxy) is 1. The van der Waals surface area contributed by atoms with E-state index in [9.17, 15) is 4.79 Å². The van der Waals surface area contributed by atoms with Gasteiger partial charge in [-0.05, 0) is 13.1 Å². The number of nitrogens with one attached hydrogen (secondary N) is 1. The summed E-state index contributed by atoms with van der Waals surface area (Å²) >= 11 is 0. The molecule has 0 spiro atoms. The van der Waals surface area contributed by atoms with Gasteiger partial charge in [-0.15, -0.1) is 0 Å². The van der Waals surface area contributed by atoms with Gasteiger partial charge in [0.1, 0.15) is 6.61 Å². The summed E-state index contributed by atoms with van der Waals surface area (Å²) in [5.74, 6) is -0.351. The summed E-state index contributed by atoms with van der Waals surface area (Å²) in [6.07, 6.45) is 1.55. The normalized spacial score (nSPS) is 8.45. The molecule has 0 amide bonds. The Hall–Kier alpha value is -1.25. The van der Waals surface area contributed by atoms with Gasteiger partial charge in [0.15, 0.2) is 0 Å². The molecule has 0 atom stereocenters. The second-order valence-electron chi connectivity index (χ2n) is 2.07. The van der Waals surface area contributed by atoms with E-state index in [0.29, 0.717) is 18.7 Å². The Morgan fingerprint density at radius 1 is 1.73 bits per heavy atom. The summed E-state index contributed by atoms with van der Waals surface area (Å²) in [5, 5.41) is 2.80. The summed E-state index contributed by atoms with van der Waals surface area (Å²) < 4.78 is 4.76. The highest BCUT2D eigenvalue weighted by Crippen LogP contribution is 1.90. The lowest BCUT2D eigenvalue weighted by Gasteiger charge is -2.02. The summed E-state index contributed by atoms with van der Waals surface area (Å²) in [6, 6.07) is 0. The van der Waals surface area contributed by atoms with Gasteiger partial charge in [0, 0.05) is 12.1 Å². The first kappa shape index (κ1) is 9.75. The van der Waals surface area contributed by atoms with Crippen LogP contribution in [0.1, 0.15) is 6.92 Å². The summed E-state index contributed by atoms with van der Waals surface area (Å²) in [4.78, 5) is 10.7. The molecular weight excluding hydrogens is 142 g/mol. The third-order valence-electron chi connectivity index (χ3n) is 0.972. The summed E-state index contributed by atoms with van der Waals surface area (Å²) in [7, 11) is 0. The molecule has 0 rings (SSSR count). The maximum Gasteiger partial charge on any atom is 0.333 e. The largest absolute Gasteiger partial charge is 0.460 e. The second kappa shape index (κ2) is 5.53. The molecule has 0 bridgehead atoms.